The van der Waals surface area contributed by atoms with E-state index >= 15 is 0 Å². The zero-order valence-corrected chi connectivity index (χ0v) is 19.8. The van der Waals surface area contributed by atoms with E-state index in [0.29, 0.717) is 29.7 Å². The van der Waals surface area contributed by atoms with Gasteiger partial charge in [0.05, 0.1) is 11.6 Å². The molecule has 0 atom stereocenters. The molecular formula is C25H21ClN6OS. The van der Waals surface area contributed by atoms with Gasteiger partial charge in [0.25, 0.3) is 0 Å². The summed E-state index contributed by atoms with van der Waals surface area (Å²) >= 11 is 8.13. The van der Waals surface area contributed by atoms with Crippen molar-refractivity contribution >= 4 is 23.4 Å². The van der Waals surface area contributed by atoms with E-state index in [-0.39, 0.29) is 0 Å². The average molecular weight is 489 g/mol. The summed E-state index contributed by atoms with van der Waals surface area (Å²) in [4.78, 5) is 8.51. The molecule has 3 aromatic heterocycles. The molecule has 0 saturated heterocycles. The maximum Gasteiger partial charge on any atom is 0.226 e. The topological polar surface area (TPSA) is 82.5 Å². The summed E-state index contributed by atoms with van der Waals surface area (Å²) in [6.45, 7) is 0.662. The largest absolute Gasteiger partial charge is 0.339 e. The minimum atomic E-state index is 0.581. The van der Waals surface area contributed by atoms with Crippen molar-refractivity contribution in [3.8, 4) is 22.8 Å². The number of nitrogens with zero attached hydrogens (tertiary/aromatic N) is 6. The first-order valence-corrected chi connectivity index (χ1v) is 12.2. The first-order valence-electron chi connectivity index (χ1n) is 10.9. The average Bonchev–Trinajstić information content (AvgIpc) is 3.51. The Morgan fingerprint density at radius 3 is 2.53 bits per heavy atom. The molecule has 0 aliphatic carbocycles. The number of rotatable bonds is 9. The lowest BCUT2D eigenvalue weighted by molar-refractivity contribution is 0.378. The Labute approximate surface area is 206 Å². The van der Waals surface area contributed by atoms with Gasteiger partial charge in [0, 0.05) is 35.7 Å². The third-order valence-electron chi connectivity index (χ3n) is 5.19. The quantitative estimate of drug-likeness (QED) is 0.191. The van der Waals surface area contributed by atoms with Crippen LogP contribution >= 0.6 is 23.4 Å². The van der Waals surface area contributed by atoms with Crippen LogP contribution in [0.4, 0.5) is 0 Å². The minimum Gasteiger partial charge on any atom is -0.339 e. The van der Waals surface area contributed by atoms with Crippen molar-refractivity contribution in [1.82, 2.24) is 29.9 Å². The molecule has 0 N–H and O–H groups in total. The van der Waals surface area contributed by atoms with E-state index in [2.05, 4.69) is 42.0 Å². The summed E-state index contributed by atoms with van der Waals surface area (Å²) in [7, 11) is 0. The van der Waals surface area contributed by atoms with Crippen LogP contribution in [0, 0.1) is 0 Å². The number of hydrogen-bond acceptors (Lipinski definition) is 7. The Hall–Kier alpha value is -3.49. The fraction of sp³-hybridized carbons (Fsp3) is 0.160. The van der Waals surface area contributed by atoms with E-state index in [1.54, 1.807) is 24.2 Å². The van der Waals surface area contributed by atoms with E-state index in [4.69, 9.17) is 16.1 Å². The zero-order chi connectivity index (χ0) is 23.2. The Morgan fingerprint density at radius 2 is 1.71 bits per heavy atom. The smallest absolute Gasteiger partial charge is 0.226 e. The monoisotopic (exact) mass is 488 g/mol. The Bertz CT molecular complexity index is 1360. The number of halogens is 1. The third-order valence-corrected chi connectivity index (χ3v) is 6.57. The van der Waals surface area contributed by atoms with Crippen LogP contribution in [0.5, 0.6) is 0 Å². The van der Waals surface area contributed by atoms with Crippen molar-refractivity contribution in [2.24, 2.45) is 0 Å². The molecule has 34 heavy (non-hydrogen) atoms. The molecular weight excluding hydrogens is 468 g/mol. The summed E-state index contributed by atoms with van der Waals surface area (Å²) in [5.74, 6) is 2.80. The van der Waals surface area contributed by atoms with Gasteiger partial charge in [-0.05, 0) is 36.2 Å². The van der Waals surface area contributed by atoms with Gasteiger partial charge in [0.15, 0.2) is 11.0 Å². The first kappa shape index (κ1) is 22.3. The highest BCUT2D eigenvalue weighted by atomic mass is 35.5. The predicted molar refractivity (Wildman–Crippen MR) is 133 cm³/mol. The van der Waals surface area contributed by atoms with Crippen LogP contribution in [-0.4, -0.2) is 35.6 Å². The summed E-state index contributed by atoms with van der Waals surface area (Å²) < 4.78 is 7.53. The van der Waals surface area contributed by atoms with Crippen LogP contribution in [0.15, 0.2) is 88.8 Å². The fourth-order valence-corrected chi connectivity index (χ4v) is 4.60. The molecule has 170 valence electrons. The lowest BCUT2D eigenvalue weighted by Crippen LogP contribution is -2.04. The summed E-state index contributed by atoms with van der Waals surface area (Å²) in [6, 6.07) is 21.7. The van der Waals surface area contributed by atoms with Crippen LogP contribution in [-0.2, 0) is 13.0 Å². The van der Waals surface area contributed by atoms with Crippen LogP contribution in [0.2, 0.25) is 5.02 Å². The number of hydrogen-bond donors (Lipinski definition) is 0. The lowest BCUT2D eigenvalue weighted by Gasteiger charge is -2.11. The van der Waals surface area contributed by atoms with Crippen molar-refractivity contribution in [1.29, 1.82) is 0 Å². The molecule has 0 unspecified atom stereocenters. The van der Waals surface area contributed by atoms with E-state index in [0.717, 1.165) is 34.3 Å². The first-order chi connectivity index (χ1) is 16.8. The number of aromatic nitrogens is 6. The van der Waals surface area contributed by atoms with Crippen molar-refractivity contribution in [2.45, 2.75) is 24.5 Å². The van der Waals surface area contributed by atoms with E-state index in [1.807, 2.05) is 54.6 Å². The van der Waals surface area contributed by atoms with Crippen LogP contribution in [0.25, 0.3) is 22.8 Å². The highest BCUT2D eigenvalue weighted by Gasteiger charge is 2.17. The molecule has 0 aliphatic rings. The van der Waals surface area contributed by atoms with E-state index < -0.39 is 0 Å². The van der Waals surface area contributed by atoms with Crippen molar-refractivity contribution in [3.05, 3.63) is 95.6 Å². The van der Waals surface area contributed by atoms with Crippen LogP contribution in [0.3, 0.4) is 0 Å². The Morgan fingerprint density at radius 1 is 0.912 bits per heavy atom. The maximum absolute atomic E-state index is 6.47. The molecule has 0 amide bonds. The molecule has 7 nitrogen and oxygen atoms in total. The number of aryl methyl sites for hydroxylation is 1. The fourth-order valence-electron chi connectivity index (χ4n) is 3.51. The summed E-state index contributed by atoms with van der Waals surface area (Å²) in [5.41, 5.74) is 2.93. The molecule has 0 spiro atoms. The maximum atomic E-state index is 6.47. The third kappa shape index (κ3) is 5.18. The van der Waals surface area contributed by atoms with E-state index in [1.165, 1.54) is 5.56 Å². The highest BCUT2D eigenvalue weighted by Crippen LogP contribution is 2.30. The molecule has 0 radical (unpaired) electrons. The second kappa shape index (κ2) is 10.6. The van der Waals surface area contributed by atoms with Gasteiger partial charge in [0.2, 0.25) is 11.7 Å². The Kier molecular flexibility index (Phi) is 6.97. The summed E-state index contributed by atoms with van der Waals surface area (Å²) in [6.07, 6.45) is 4.98. The van der Waals surface area contributed by atoms with Gasteiger partial charge in [-0.3, -0.25) is 9.55 Å². The standard InChI is InChI=1S/C25H21ClN6OS/c26-21-10-5-4-9-20(21)24-29-30-25(32(24)17-18-7-2-1-3-8-18)34-16-6-11-22-28-23(31-33-22)19-12-14-27-15-13-19/h1-5,7-10,12-15H,6,11,16-17H2. The van der Waals surface area contributed by atoms with Crippen LogP contribution in [0.1, 0.15) is 17.9 Å². The number of benzene rings is 2. The predicted octanol–water partition coefficient (Wildman–Crippen LogP) is 5.82. The van der Waals surface area contributed by atoms with Crippen LogP contribution < -0.4 is 0 Å². The Balaban J connectivity index is 1.28. The molecule has 0 saturated carbocycles. The van der Waals surface area contributed by atoms with Crippen molar-refractivity contribution < 1.29 is 4.52 Å². The molecule has 2 aromatic carbocycles. The highest BCUT2D eigenvalue weighted by molar-refractivity contribution is 7.99. The SMILES string of the molecule is Clc1ccccc1-c1nnc(SCCCc2nc(-c3ccncc3)no2)n1Cc1ccccc1. The van der Waals surface area contributed by atoms with Gasteiger partial charge in [-0.1, -0.05) is 71.0 Å². The second-order valence-corrected chi connectivity index (χ2v) is 9.03. The second-order valence-electron chi connectivity index (χ2n) is 7.56. The zero-order valence-electron chi connectivity index (χ0n) is 18.2. The molecule has 0 fully saturated rings. The van der Waals surface area contributed by atoms with Gasteiger partial charge < -0.3 is 4.52 Å². The van der Waals surface area contributed by atoms with Gasteiger partial charge in [-0.2, -0.15) is 4.98 Å². The van der Waals surface area contributed by atoms with Crippen molar-refractivity contribution in [3.63, 3.8) is 0 Å². The van der Waals surface area contributed by atoms with E-state index in [9.17, 15) is 0 Å². The van der Waals surface area contributed by atoms with Gasteiger partial charge >= 0.3 is 0 Å². The molecule has 0 aliphatic heterocycles. The molecule has 9 heteroatoms. The van der Waals surface area contributed by atoms with Gasteiger partial charge in [-0.25, -0.2) is 0 Å². The van der Waals surface area contributed by atoms with Crippen molar-refractivity contribution in [2.75, 3.05) is 5.75 Å². The molecule has 5 aromatic rings. The summed E-state index contributed by atoms with van der Waals surface area (Å²) in [5, 5.41) is 14.5. The van der Waals surface area contributed by atoms with Gasteiger partial charge in [0.1, 0.15) is 0 Å². The minimum absolute atomic E-state index is 0.581. The van der Waals surface area contributed by atoms with Gasteiger partial charge in [-0.15, -0.1) is 10.2 Å². The number of thioether (sulfide) groups is 1. The molecule has 3 heterocycles. The normalized spacial score (nSPS) is 11.1. The molecule has 0 bridgehead atoms. The number of pyridine rings is 1. The lowest BCUT2D eigenvalue weighted by atomic mass is 10.2. The molecule has 5 rings (SSSR count).